The summed E-state index contributed by atoms with van der Waals surface area (Å²) in [7, 11) is 0. The van der Waals surface area contributed by atoms with E-state index in [1.807, 2.05) is 17.5 Å². The van der Waals surface area contributed by atoms with Crippen molar-refractivity contribution in [2.45, 2.75) is 13.0 Å². The molecule has 0 radical (unpaired) electrons. The second-order valence-corrected chi connectivity index (χ2v) is 5.24. The van der Waals surface area contributed by atoms with Crippen LogP contribution < -0.4 is 5.32 Å². The molecule has 2 aromatic heterocycles. The summed E-state index contributed by atoms with van der Waals surface area (Å²) in [6.45, 7) is 5.80. The molecule has 0 aliphatic carbocycles. The first-order chi connectivity index (χ1) is 9.15. The van der Waals surface area contributed by atoms with Gasteiger partial charge in [-0.1, -0.05) is 12.1 Å². The summed E-state index contributed by atoms with van der Waals surface area (Å²) in [5.74, 6) is 0.566. The highest BCUT2D eigenvalue weighted by molar-refractivity contribution is 7.71. The summed E-state index contributed by atoms with van der Waals surface area (Å²) in [6, 6.07) is 3.45. The Bertz CT molecular complexity index is 626. The van der Waals surface area contributed by atoms with Crippen molar-refractivity contribution in [1.29, 1.82) is 0 Å². The SMILES string of the molecule is C=CCNC(=O)[C@H](C)n1c(-c2cccs2)n[nH]c1=S. The predicted molar refractivity (Wildman–Crippen MR) is 78.6 cm³/mol. The predicted octanol–water partition coefficient (Wildman–Crippen LogP) is 2.53. The summed E-state index contributed by atoms with van der Waals surface area (Å²) < 4.78 is 2.16. The van der Waals surface area contributed by atoms with Gasteiger partial charge in [0.2, 0.25) is 5.91 Å². The Balaban J connectivity index is 2.34. The molecule has 2 aromatic rings. The van der Waals surface area contributed by atoms with E-state index in [9.17, 15) is 4.79 Å². The number of rotatable bonds is 5. The van der Waals surface area contributed by atoms with E-state index < -0.39 is 6.04 Å². The molecule has 2 N–H and O–H groups in total. The van der Waals surface area contributed by atoms with Crippen LogP contribution in [0.2, 0.25) is 0 Å². The maximum atomic E-state index is 12.0. The number of amides is 1. The summed E-state index contributed by atoms with van der Waals surface area (Å²) >= 11 is 6.76. The molecule has 1 amide bonds. The van der Waals surface area contributed by atoms with Crippen molar-refractivity contribution >= 4 is 29.5 Å². The van der Waals surface area contributed by atoms with Gasteiger partial charge in [0.25, 0.3) is 0 Å². The van der Waals surface area contributed by atoms with Crippen LogP contribution in [-0.4, -0.2) is 27.2 Å². The van der Waals surface area contributed by atoms with Gasteiger partial charge in [-0.2, -0.15) is 5.10 Å². The van der Waals surface area contributed by atoms with Crippen LogP contribution in [0.1, 0.15) is 13.0 Å². The Labute approximate surface area is 120 Å². The molecule has 0 unspecified atom stereocenters. The Morgan fingerprint density at radius 1 is 1.79 bits per heavy atom. The minimum atomic E-state index is -0.428. The Hall–Kier alpha value is -1.73. The fourth-order valence-corrected chi connectivity index (χ4v) is 2.68. The molecule has 0 bridgehead atoms. The highest BCUT2D eigenvalue weighted by Gasteiger charge is 2.20. The van der Waals surface area contributed by atoms with Crippen molar-refractivity contribution in [2.24, 2.45) is 0 Å². The van der Waals surface area contributed by atoms with Crippen LogP contribution in [0.3, 0.4) is 0 Å². The molecular weight excluding hydrogens is 280 g/mol. The Morgan fingerprint density at radius 3 is 3.21 bits per heavy atom. The number of aromatic amines is 1. The lowest BCUT2D eigenvalue weighted by Crippen LogP contribution is -2.31. The molecular formula is C12H14N4OS2. The second-order valence-electron chi connectivity index (χ2n) is 3.91. The third-order valence-corrected chi connectivity index (χ3v) is 3.79. The van der Waals surface area contributed by atoms with Crippen molar-refractivity contribution in [3.05, 3.63) is 34.9 Å². The Morgan fingerprint density at radius 2 is 2.58 bits per heavy atom. The topological polar surface area (TPSA) is 62.7 Å². The van der Waals surface area contributed by atoms with Crippen LogP contribution >= 0.6 is 23.6 Å². The van der Waals surface area contributed by atoms with E-state index in [0.29, 0.717) is 17.1 Å². The average molecular weight is 294 g/mol. The molecule has 5 nitrogen and oxygen atoms in total. The van der Waals surface area contributed by atoms with E-state index in [-0.39, 0.29) is 5.91 Å². The fraction of sp³-hybridized carbons (Fsp3) is 0.250. The minimum Gasteiger partial charge on any atom is -0.351 e. The van der Waals surface area contributed by atoms with Crippen LogP contribution in [-0.2, 0) is 4.79 Å². The van der Waals surface area contributed by atoms with E-state index in [2.05, 4.69) is 22.1 Å². The van der Waals surface area contributed by atoms with Gasteiger partial charge in [0.1, 0.15) is 6.04 Å². The van der Waals surface area contributed by atoms with Gasteiger partial charge in [0.15, 0.2) is 10.6 Å². The van der Waals surface area contributed by atoms with Crippen molar-refractivity contribution in [2.75, 3.05) is 6.54 Å². The first-order valence-electron chi connectivity index (χ1n) is 5.74. The Kier molecular flexibility index (Phi) is 4.28. The van der Waals surface area contributed by atoms with E-state index in [4.69, 9.17) is 12.2 Å². The van der Waals surface area contributed by atoms with Crippen LogP contribution in [0, 0.1) is 4.77 Å². The van der Waals surface area contributed by atoms with E-state index in [1.54, 1.807) is 28.9 Å². The molecule has 0 saturated carbocycles. The first kappa shape index (κ1) is 13.7. The van der Waals surface area contributed by atoms with E-state index in [0.717, 1.165) is 4.88 Å². The van der Waals surface area contributed by atoms with Crippen LogP contribution in [0.15, 0.2) is 30.2 Å². The molecule has 0 aromatic carbocycles. The molecule has 100 valence electrons. The van der Waals surface area contributed by atoms with Crippen molar-refractivity contribution < 1.29 is 4.79 Å². The van der Waals surface area contributed by atoms with Crippen molar-refractivity contribution in [3.63, 3.8) is 0 Å². The molecule has 1 atom stereocenters. The van der Waals surface area contributed by atoms with E-state index in [1.165, 1.54) is 0 Å². The lowest BCUT2D eigenvalue weighted by molar-refractivity contribution is -0.123. The van der Waals surface area contributed by atoms with Gasteiger partial charge < -0.3 is 5.32 Å². The highest BCUT2D eigenvalue weighted by atomic mass is 32.1. The smallest absolute Gasteiger partial charge is 0.243 e. The zero-order valence-corrected chi connectivity index (χ0v) is 12.1. The van der Waals surface area contributed by atoms with Gasteiger partial charge in [-0.05, 0) is 30.6 Å². The number of hydrogen-bond acceptors (Lipinski definition) is 4. The maximum Gasteiger partial charge on any atom is 0.243 e. The number of hydrogen-bond donors (Lipinski definition) is 2. The molecule has 0 spiro atoms. The zero-order chi connectivity index (χ0) is 13.8. The molecule has 2 heterocycles. The first-order valence-corrected chi connectivity index (χ1v) is 7.03. The van der Waals surface area contributed by atoms with Crippen molar-refractivity contribution in [1.82, 2.24) is 20.1 Å². The van der Waals surface area contributed by atoms with Crippen LogP contribution in [0.5, 0.6) is 0 Å². The summed E-state index contributed by atoms with van der Waals surface area (Å²) in [5.41, 5.74) is 0. The largest absolute Gasteiger partial charge is 0.351 e. The lowest BCUT2D eigenvalue weighted by Gasteiger charge is -2.14. The van der Waals surface area contributed by atoms with Gasteiger partial charge in [-0.25, -0.2) is 0 Å². The molecule has 0 fully saturated rings. The number of H-pyrrole nitrogens is 1. The average Bonchev–Trinajstić information content (AvgIpc) is 3.03. The second kappa shape index (κ2) is 5.94. The van der Waals surface area contributed by atoms with Gasteiger partial charge >= 0.3 is 0 Å². The lowest BCUT2D eigenvalue weighted by atomic mass is 10.3. The van der Waals surface area contributed by atoms with E-state index >= 15 is 0 Å². The zero-order valence-electron chi connectivity index (χ0n) is 10.4. The number of carbonyl (C=O) groups excluding carboxylic acids is 1. The highest BCUT2D eigenvalue weighted by Crippen LogP contribution is 2.25. The molecule has 2 rings (SSSR count). The molecule has 7 heteroatoms. The van der Waals surface area contributed by atoms with Gasteiger partial charge in [-0.3, -0.25) is 14.5 Å². The third-order valence-electron chi connectivity index (χ3n) is 2.63. The quantitative estimate of drug-likeness (QED) is 0.658. The van der Waals surface area contributed by atoms with Gasteiger partial charge in [-0.15, -0.1) is 17.9 Å². The molecule has 0 aliphatic heterocycles. The normalized spacial score (nSPS) is 12.1. The molecule has 0 saturated heterocycles. The van der Waals surface area contributed by atoms with Crippen LogP contribution in [0.4, 0.5) is 0 Å². The monoisotopic (exact) mass is 294 g/mol. The molecule has 0 aliphatic rings. The summed E-state index contributed by atoms with van der Waals surface area (Å²) in [5, 5.41) is 11.7. The van der Waals surface area contributed by atoms with Crippen LogP contribution in [0.25, 0.3) is 10.7 Å². The summed E-state index contributed by atoms with van der Waals surface area (Å²) in [4.78, 5) is 13.0. The maximum absolute atomic E-state index is 12.0. The fourth-order valence-electron chi connectivity index (χ4n) is 1.68. The standard InChI is InChI=1S/C12H14N4OS2/c1-3-6-13-11(17)8(2)16-10(14-15-12(16)18)9-5-4-7-19-9/h3-5,7-8H,1,6H2,2H3,(H,13,17)(H,15,18)/t8-/m0/s1. The minimum absolute atomic E-state index is 0.116. The number of aromatic nitrogens is 3. The number of thiophene rings is 1. The van der Waals surface area contributed by atoms with Crippen molar-refractivity contribution in [3.8, 4) is 10.7 Å². The molecule has 19 heavy (non-hydrogen) atoms. The number of nitrogens with zero attached hydrogens (tertiary/aromatic N) is 2. The number of nitrogens with one attached hydrogen (secondary N) is 2. The van der Waals surface area contributed by atoms with Gasteiger partial charge in [0.05, 0.1) is 4.88 Å². The third kappa shape index (κ3) is 2.82. The van der Waals surface area contributed by atoms with Gasteiger partial charge in [0, 0.05) is 6.54 Å². The summed E-state index contributed by atoms with van der Waals surface area (Å²) in [6.07, 6.45) is 1.64. The number of carbonyl (C=O) groups is 1.